The Kier molecular flexibility index (Phi) is 5.70. The number of benzene rings is 1. The zero-order chi connectivity index (χ0) is 15.2. The maximum absolute atomic E-state index is 10.9. The van der Waals surface area contributed by atoms with Gasteiger partial charge in [0.2, 0.25) is 5.76 Å². The van der Waals surface area contributed by atoms with Crippen LogP contribution >= 0.6 is 11.8 Å². The van der Waals surface area contributed by atoms with Crippen LogP contribution in [0, 0.1) is 0 Å². The average molecular weight is 307 g/mol. The number of rotatable bonds is 8. The van der Waals surface area contributed by atoms with Gasteiger partial charge in [-0.15, -0.1) is 0 Å². The molecular weight excluding hydrogens is 286 g/mol. The van der Waals surface area contributed by atoms with Crippen LogP contribution < -0.4 is 5.32 Å². The highest BCUT2D eigenvalue weighted by Crippen LogP contribution is 2.21. The highest BCUT2D eigenvalue weighted by Gasteiger charge is 2.10. The van der Waals surface area contributed by atoms with Gasteiger partial charge in [0.1, 0.15) is 5.58 Å². The zero-order valence-corrected chi connectivity index (χ0v) is 13.2. The van der Waals surface area contributed by atoms with E-state index in [4.69, 9.17) is 9.52 Å². The third-order valence-electron chi connectivity index (χ3n) is 3.35. The van der Waals surface area contributed by atoms with Crippen LogP contribution in [0.5, 0.6) is 0 Å². The molecular formula is C16H21NO3S. The molecule has 1 unspecified atom stereocenters. The van der Waals surface area contributed by atoms with Crippen LogP contribution in [0.4, 0.5) is 0 Å². The van der Waals surface area contributed by atoms with Crippen LogP contribution in [0.15, 0.2) is 28.7 Å². The number of nitrogens with one attached hydrogen (secondary N) is 1. The lowest BCUT2D eigenvalue weighted by Crippen LogP contribution is -2.25. The first-order valence-electron chi connectivity index (χ1n) is 7.17. The fourth-order valence-corrected chi connectivity index (χ4v) is 2.92. The van der Waals surface area contributed by atoms with Gasteiger partial charge in [0, 0.05) is 18.0 Å². The lowest BCUT2D eigenvalue weighted by atomic mass is 10.1. The van der Waals surface area contributed by atoms with E-state index in [1.54, 1.807) is 6.07 Å². The molecule has 5 heteroatoms. The maximum atomic E-state index is 10.9. The summed E-state index contributed by atoms with van der Waals surface area (Å²) in [4.78, 5) is 10.9. The summed E-state index contributed by atoms with van der Waals surface area (Å²) in [6.07, 6.45) is 1.15. The fourth-order valence-electron chi connectivity index (χ4n) is 2.11. The minimum absolute atomic E-state index is 0.0138. The topological polar surface area (TPSA) is 62.5 Å². The molecule has 0 saturated heterocycles. The number of carbonyl (C=O) groups is 1. The van der Waals surface area contributed by atoms with Gasteiger partial charge in [0.15, 0.2) is 0 Å². The Hall–Kier alpha value is -1.46. The zero-order valence-electron chi connectivity index (χ0n) is 12.4. The van der Waals surface area contributed by atoms with E-state index in [1.165, 1.54) is 5.75 Å². The highest BCUT2D eigenvalue weighted by molar-refractivity contribution is 7.99. The van der Waals surface area contributed by atoms with Crippen LogP contribution in [-0.4, -0.2) is 28.6 Å². The molecule has 1 aromatic heterocycles. The fraction of sp³-hybridized carbons (Fsp3) is 0.438. The number of fused-ring (bicyclic) bond motifs is 1. The molecule has 0 spiro atoms. The van der Waals surface area contributed by atoms with Crippen LogP contribution in [0.3, 0.4) is 0 Å². The number of hydrogen-bond donors (Lipinski definition) is 2. The lowest BCUT2D eigenvalue weighted by Gasteiger charge is -2.13. The Balaban J connectivity index is 1.94. The van der Waals surface area contributed by atoms with Crippen LogP contribution in [0.2, 0.25) is 0 Å². The SMILES string of the molecule is CCSCCC(C)NCc1ccc2oc(C(=O)O)cc2c1. The van der Waals surface area contributed by atoms with E-state index in [-0.39, 0.29) is 5.76 Å². The van der Waals surface area contributed by atoms with E-state index in [1.807, 2.05) is 30.0 Å². The third kappa shape index (κ3) is 4.51. The molecule has 4 nitrogen and oxygen atoms in total. The largest absolute Gasteiger partial charge is 0.475 e. The van der Waals surface area contributed by atoms with Crippen molar-refractivity contribution in [1.29, 1.82) is 0 Å². The van der Waals surface area contributed by atoms with E-state index < -0.39 is 5.97 Å². The number of aromatic carboxylic acids is 1. The smallest absolute Gasteiger partial charge is 0.371 e. The number of thioether (sulfide) groups is 1. The molecule has 0 aliphatic carbocycles. The number of hydrogen-bond acceptors (Lipinski definition) is 4. The van der Waals surface area contributed by atoms with Gasteiger partial charge in [0.05, 0.1) is 0 Å². The van der Waals surface area contributed by atoms with E-state index in [2.05, 4.69) is 19.2 Å². The van der Waals surface area contributed by atoms with Gasteiger partial charge in [-0.3, -0.25) is 0 Å². The molecule has 0 fully saturated rings. The van der Waals surface area contributed by atoms with Gasteiger partial charge in [-0.25, -0.2) is 4.79 Å². The molecule has 0 saturated carbocycles. The highest BCUT2D eigenvalue weighted by atomic mass is 32.2. The summed E-state index contributed by atoms with van der Waals surface area (Å²) in [7, 11) is 0. The number of carboxylic acids is 1. The van der Waals surface area contributed by atoms with E-state index in [0.29, 0.717) is 11.6 Å². The Bertz CT molecular complexity index is 609. The Morgan fingerprint density at radius 2 is 2.24 bits per heavy atom. The molecule has 2 aromatic rings. The van der Waals surface area contributed by atoms with Gasteiger partial charge in [-0.2, -0.15) is 11.8 Å². The van der Waals surface area contributed by atoms with Crippen molar-refractivity contribution in [2.45, 2.75) is 32.9 Å². The second-order valence-corrected chi connectivity index (χ2v) is 6.45. The monoisotopic (exact) mass is 307 g/mol. The summed E-state index contributed by atoms with van der Waals surface area (Å²) in [5, 5.41) is 13.3. The van der Waals surface area contributed by atoms with E-state index in [9.17, 15) is 4.79 Å². The van der Waals surface area contributed by atoms with Crippen molar-refractivity contribution in [3.05, 3.63) is 35.6 Å². The Morgan fingerprint density at radius 3 is 2.95 bits per heavy atom. The molecule has 2 N–H and O–H groups in total. The molecule has 1 atom stereocenters. The first-order chi connectivity index (χ1) is 10.1. The average Bonchev–Trinajstić information content (AvgIpc) is 2.89. The maximum Gasteiger partial charge on any atom is 0.371 e. The standard InChI is InChI=1S/C16H21NO3S/c1-3-21-7-6-11(2)17-10-12-4-5-14-13(8-12)9-15(20-14)16(18)19/h4-5,8-9,11,17H,3,6-7,10H2,1-2H3,(H,18,19). The normalized spacial score (nSPS) is 12.7. The molecule has 0 amide bonds. The van der Waals surface area contributed by atoms with Crippen molar-refractivity contribution in [2.75, 3.05) is 11.5 Å². The summed E-state index contributed by atoms with van der Waals surface area (Å²) in [6, 6.07) is 7.82. The minimum Gasteiger partial charge on any atom is -0.475 e. The predicted molar refractivity (Wildman–Crippen MR) is 87.1 cm³/mol. The van der Waals surface area contributed by atoms with E-state index >= 15 is 0 Å². The van der Waals surface area contributed by atoms with Crippen molar-refractivity contribution < 1.29 is 14.3 Å². The van der Waals surface area contributed by atoms with Crippen LogP contribution in [-0.2, 0) is 6.54 Å². The molecule has 0 bridgehead atoms. The Morgan fingerprint density at radius 1 is 1.43 bits per heavy atom. The van der Waals surface area contributed by atoms with Crippen molar-refractivity contribution in [1.82, 2.24) is 5.32 Å². The summed E-state index contributed by atoms with van der Waals surface area (Å²) in [5.74, 6) is 1.29. The van der Waals surface area contributed by atoms with E-state index in [0.717, 1.165) is 29.7 Å². The molecule has 0 aliphatic rings. The lowest BCUT2D eigenvalue weighted by molar-refractivity contribution is 0.0665. The predicted octanol–water partition coefficient (Wildman–Crippen LogP) is 3.75. The second-order valence-electron chi connectivity index (χ2n) is 5.06. The second kappa shape index (κ2) is 7.52. The minimum atomic E-state index is -1.03. The molecule has 114 valence electrons. The molecule has 0 radical (unpaired) electrons. The van der Waals surface area contributed by atoms with Crippen molar-refractivity contribution >= 4 is 28.7 Å². The molecule has 1 aromatic carbocycles. The first-order valence-corrected chi connectivity index (χ1v) is 8.32. The number of furan rings is 1. The van der Waals surface area contributed by atoms with Gasteiger partial charge >= 0.3 is 5.97 Å². The van der Waals surface area contributed by atoms with Gasteiger partial charge < -0.3 is 14.8 Å². The van der Waals surface area contributed by atoms with Gasteiger partial charge in [-0.05, 0) is 48.6 Å². The Labute approximate surface area is 128 Å². The third-order valence-corrected chi connectivity index (χ3v) is 4.28. The molecule has 1 heterocycles. The van der Waals surface area contributed by atoms with Crippen molar-refractivity contribution in [3.8, 4) is 0 Å². The summed E-state index contributed by atoms with van der Waals surface area (Å²) >= 11 is 1.96. The summed E-state index contributed by atoms with van der Waals surface area (Å²) in [6.45, 7) is 5.14. The summed E-state index contributed by atoms with van der Waals surface area (Å²) in [5.41, 5.74) is 1.75. The molecule has 2 rings (SSSR count). The van der Waals surface area contributed by atoms with Crippen LogP contribution in [0.25, 0.3) is 11.0 Å². The summed E-state index contributed by atoms with van der Waals surface area (Å²) < 4.78 is 5.25. The van der Waals surface area contributed by atoms with Gasteiger partial charge in [0.25, 0.3) is 0 Å². The molecule has 21 heavy (non-hydrogen) atoms. The van der Waals surface area contributed by atoms with Crippen molar-refractivity contribution in [3.63, 3.8) is 0 Å². The van der Waals surface area contributed by atoms with Crippen LogP contribution in [0.1, 0.15) is 36.4 Å². The van der Waals surface area contributed by atoms with Crippen molar-refractivity contribution in [2.24, 2.45) is 0 Å². The number of carboxylic acid groups (broad SMARTS) is 1. The van der Waals surface area contributed by atoms with Gasteiger partial charge in [-0.1, -0.05) is 13.0 Å². The quantitative estimate of drug-likeness (QED) is 0.727. The first kappa shape index (κ1) is 15.9. The molecule has 0 aliphatic heterocycles.